The van der Waals surface area contributed by atoms with Crippen LogP contribution in [0.3, 0.4) is 0 Å². The van der Waals surface area contributed by atoms with Crippen molar-refractivity contribution < 1.29 is 4.74 Å². The highest BCUT2D eigenvalue weighted by Gasteiger charge is 2.19. The van der Waals surface area contributed by atoms with Gasteiger partial charge >= 0.3 is 0 Å². The van der Waals surface area contributed by atoms with E-state index in [2.05, 4.69) is 21.2 Å². The number of fused-ring (bicyclic) bond motifs is 1. The van der Waals surface area contributed by atoms with Crippen molar-refractivity contribution >= 4 is 16.9 Å². The summed E-state index contributed by atoms with van der Waals surface area (Å²) in [5.74, 6) is 3.65. The van der Waals surface area contributed by atoms with Gasteiger partial charge in [-0.05, 0) is 32.9 Å². The Kier molecular flexibility index (Phi) is 3.57. The van der Waals surface area contributed by atoms with E-state index in [4.69, 9.17) is 11.2 Å². The minimum atomic E-state index is -0.708. The molecule has 1 aromatic heterocycles. The van der Waals surface area contributed by atoms with E-state index in [0.29, 0.717) is 11.8 Å². The third-order valence-corrected chi connectivity index (χ3v) is 2.60. The summed E-state index contributed by atoms with van der Waals surface area (Å²) >= 11 is 0. The first kappa shape index (κ1) is 13.2. The minimum absolute atomic E-state index is 0.504. The number of hydrogen-bond acceptors (Lipinski definition) is 4. The first-order valence-electron chi connectivity index (χ1n) is 6.23. The zero-order chi connectivity index (χ0) is 13.9. The molecular weight excluding hydrogens is 238 g/mol. The van der Waals surface area contributed by atoms with Crippen molar-refractivity contribution in [3.05, 3.63) is 24.3 Å². The number of nitrogens with one attached hydrogen (secondary N) is 1. The summed E-state index contributed by atoms with van der Waals surface area (Å²) in [5.41, 5.74) is 0.122. The molecule has 0 amide bonds. The van der Waals surface area contributed by atoms with Gasteiger partial charge in [0, 0.05) is 6.54 Å². The van der Waals surface area contributed by atoms with Crippen LogP contribution in [0.5, 0.6) is 5.88 Å². The quantitative estimate of drug-likeness (QED) is 0.853. The van der Waals surface area contributed by atoms with Crippen molar-refractivity contribution in [1.29, 1.82) is 0 Å². The average molecular weight is 255 g/mol. The second-order valence-corrected chi connectivity index (χ2v) is 4.66. The first-order chi connectivity index (χ1) is 9.05. The molecule has 0 bridgehead atoms. The van der Waals surface area contributed by atoms with Crippen molar-refractivity contribution in [2.75, 3.05) is 11.9 Å². The molecule has 98 valence electrons. The molecular formula is C15H17N3O. The SMILES string of the molecule is C#CC(C)(C)Oc1nc(NCC)nc2ccccc12. The number of aromatic nitrogens is 2. The van der Waals surface area contributed by atoms with Crippen LogP contribution in [0.2, 0.25) is 0 Å². The standard InChI is InChI=1S/C15H17N3O/c1-5-15(3,4)19-13-11-9-7-8-10-12(11)17-14(18-13)16-6-2/h1,7-10H,6H2,2-4H3,(H,16,17,18). The highest BCUT2D eigenvalue weighted by atomic mass is 16.5. The molecule has 0 aliphatic rings. The number of terminal acetylenes is 1. The van der Waals surface area contributed by atoms with E-state index >= 15 is 0 Å². The Bertz CT molecular complexity index is 629. The van der Waals surface area contributed by atoms with Gasteiger partial charge in [0.05, 0.1) is 10.9 Å². The summed E-state index contributed by atoms with van der Waals surface area (Å²) in [6.45, 7) is 6.40. The van der Waals surface area contributed by atoms with Crippen molar-refractivity contribution in [3.8, 4) is 18.2 Å². The summed E-state index contributed by atoms with van der Waals surface area (Å²) in [7, 11) is 0. The molecule has 0 spiro atoms. The zero-order valence-corrected chi connectivity index (χ0v) is 11.4. The van der Waals surface area contributed by atoms with Crippen LogP contribution in [-0.4, -0.2) is 22.1 Å². The van der Waals surface area contributed by atoms with Crippen LogP contribution in [-0.2, 0) is 0 Å². The topological polar surface area (TPSA) is 47.0 Å². The van der Waals surface area contributed by atoms with Gasteiger partial charge in [-0.2, -0.15) is 4.98 Å². The summed E-state index contributed by atoms with van der Waals surface area (Å²) in [4.78, 5) is 8.81. The van der Waals surface area contributed by atoms with Crippen LogP contribution >= 0.6 is 0 Å². The molecule has 1 aromatic carbocycles. The Morgan fingerprint density at radius 2 is 2.05 bits per heavy atom. The summed E-state index contributed by atoms with van der Waals surface area (Å²) in [5, 5.41) is 3.94. The summed E-state index contributed by atoms with van der Waals surface area (Å²) in [6.07, 6.45) is 5.46. The highest BCUT2D eigenvalue weighted by Crippen LogP contribution is 2.26. The van der Waals surface area contributed by atoms with Gasteiger partial charge in [0.1, 0.15) is 0 Å². The molecule has 0 atom stereocenters. The smallest absolute Gasteiger partial charge is 0.227 e. The second-order valence-electron chi connectivity index (χ2n) is 4.66. The highest BCUT2D eigenvalue weighted by molar-refractivity contribution is 5.84. The van der Waals surface area contributed by atoms with Crippen LogP contribution in [0.25, 0.3) is 10.9 Å². The molecule has 4 heteroatoms. The fourth-order valence-electron chi connectivity index (χ4n) is 1.63. The predicted molar refractivity (Wildman–Crippen MR) is 77.2 cm³/mol. The number of nitrogens with zero attached hydrogens (tertiary/aromatic N) is 2. The number of hydrogen-bond donors (Lipinski definition) is 1. The predicted octanol–water partition coefficient (Wildman–Crippen LogP) is 2.85. The van der Waals surface area contributed by atoms with Crippen molar-refractivity contribution in [2.24, 2.45) is 0 Å². The van der Waals surface area contributed by atoms with Crippen molar-refractivity contribution in [1.82, 2.24) is 9.97 Å². The van der Waals surface area contributed by atoms with Crippen LogP contribution in [0.15, 0.2) is 24.3 Å². The molecule has 0 aliphatic heterocycles. The van der Waals surface area contributed by atoms with Gasteiger partial charge in [-0.3, -0.25) is 0 Å². The Morgan fingerprint density at radius 3 is 2.74 bits per heavy atom. The van der Waals surface area contributed by atoms with E-state index in [1.165, 1.54) is 0 Å². The largest absolute Gasteiger partial charge is 0.458 e. The fraction of sp³-hybridized carbons (Fsp3) is 0.333. The number of anilines is 1. The lowest BCUT2D eigenvalue weighted by Crippen LogP contribution is -2.26. The van der Waals surface area contributed by atoms with Gasteiger partial charge in [0.15, 0.2) is 5.60 Å². The minimum Gasteiger partial charge on any atom is -0.458 e. The average Bonchev–Trinajstić information content (AvgIpc) is 2.39. The van der Waals surface area contributed by atoms with E-state index in [9.17, 15) is 0 Å². The third-order valence-electron chi connectivity index (χ3n) is 2.60. The Balaban J connectivity index is 2.54. The van der Waals surface area contributed by atoms with E-state index in [1.807, 2.05) is 45.0 Å². The van der Waals surface area contributed by atoms with Gasteiger partial charge in [-0.25, -0.2) is 4.98 Å². The van der Waals surface area contributed by atoms with E-state index in [-0.39, 0.29) is 0 Å². The van der Waals surface area contributed by atoms with Crippen molar-refractivity contribution in [3.63, 3.8) is 0 Å². The maximum absolute atomic E-state index is 5.82. The lowest BCUT2D eigenvalue weighted by Gasteiger charge is -2.20. The lowest BCUT2D eigenvalue weighted by molar-refractivity contribution is 0.167. The number of rotatable bonds is 4. The van der Waals surface area contributed by atoms with Gasteiger partial charge < -0.3 is 10.1 Å². The maximum Gasteiger partial charge on any atom is 0.227 e. The van der Waals surface area contributed by atoms with E-state index in [0.717, 1.165) is 17.4 Å². The molecule has 0 saturated heterocycles. The van der Waals surface area contributed by atoms with Crippen LogP contribution in [0.4, 0.5) is 5.95 Å². The lowest BCUT2D eigenvalue weighted by atomic mass is 10.1. The molecule has 4 nitrogen and oxygen atoms in total. The molecule has 0 unspecified atom stereocenters. The van der Waals surface area contributed by atoms with Crippen LogP contribution in [0, 0.1) is 12.3 Å². The van der Waals surface area contributed by atoms with Crippen LogP contribution < -0.4 is 10.1 Å². The maximum atomic E-state index is 5.82. The molecule has 0 radical (unpaired) electrons. The van der Waals surface area contributed by atoms with Gasteiger partial charge in [0.25, 0.3) is 0 Å². The number of para-hydroxylation sites is 1. The molecule has 0 aliphatic carbocycles. The van der Waals surface area contributed by atoms with Gasteiger partial charge in [-0.1, -0.05) is 18.1 Å². The Morgan fingerprint density at radius 1 is 1.32 bits per heavy atom. The molecule has 2 aromatic rings. The monoisotopic (exact) mass is 255 g/mol. The molecule has 2 rings (SSSR count). The third kappa shape index (κ3) is 2.94. The van der Waals surface area contributed by atoms with Crippen molar-refractivity contribution in [2.45, 2.75) is 26.4 Å². The molecule has 19 heavy (non-hydrogen) atoms. The Labute approximate surface area is 113 Å². The van der Waals surface area contributed by atoms with Gasteiger partial charge in [-0.15, -0.1) is 6.42 Å². The van der Waals surface area contributed by atoms with E-state index in [1.54, 1.807) is 0 Å². The zero-order valence-electron chi connectivity index (χ0n) is 11.4. The molecule has 1 N–H and O–H groups in total. The number of benzene rings is 1. The summed E-state index contributed by atoms with van der Waals surface area (Å²) in [6, 6.07) is 7.70. The molecule has 0 saturated carbocycles. The fourth-order valence-corrected chi connectivity index (χ4v) is 1.63. The second kappa shape index (κ2) is 5.15. The van der Waals surface area contributed by atoms with Gasteiger partial charge in [0.2, 0.25) is 11.8 Å². The van der Waals surface area contributed by atoms with E-state index < -0.39 is 5.60 Å². The molecule has 0 fully saturated rings. The Hall–Kier alpha value is -2.28. The molecule has 1 heterocycles. The summed E-state index contributed by atoms with van der Waals surface area (Å²) < 4.78 is 5.82. The van der Waals surface area contributed by atoms with Crippen LogP contribution in [0.1, 0.15) is 20.8 Å². The normalized spacial score (nSPS) is 11.1. The number of ether oxygens (including phenoxy) is 1. The first-order valence-corrected chi connectivity index (χ1v) is 6.23.